The van der Waals surface area contributed by atoms with Crippen molar-refractivity contribution in [3.8, 4) is 0 Å². The van der Waals surface area contributed by atoms with E-state index in [1.807, 2.05) is 4.68 Å². The van der Waals surface area contributed by atoms with E-state index in [-0.39, 0.29) is 6.10 Å². The summed E-state index contributed by atoms with van der Waals surface area (Å²) < 4.78 is 2.03. The number of hydrogen-bond acceptors (Lipinski definition) is 4. The zero-order valence-electron chi connectivity index (χ0n) is 15.0. The number of guanidine groups is 1. The van der Waals surface area contributed by atoms with Crippen LogP contribution in [0.5, 0.6) is 0 Å². The molecule has 2 heterocycles. The molecule has 3 atom stereocenters. The van der Waals surface area contributed by atoms with Crippen molar-refractivity contribution in [3.05, 3.63) is 11.6 Å². The first-order chi connectivity index (χ1) is 11.6. The van der Waals surface area contributed by atoms with Gasteiger partial charge in [0, 0.05) is 37.9 Å². The molecule has 1 aromatic rings. The molecule has 0 amide bonds. The van der Waals surface area contributed by atoms with Crippen molar-refractivity contribution in [2.45, 2.75) is 70.6 Å². The first kappa shape index (κ1) is 17.2. The van der Waals surface area contributed by atoms with Gasteiger partial charge in [-0.3, -0.25) is 4.99 Å². The number of fused-ring (bicyclic) bond motifs is 1. The summed E-state index contributed by atoms with van der Waals surface area (Å²) in [5.74, 6) is 3.54. The van der Waals surface area contributed by atoms with Crippen molar-refractivity contribution < 1.29 is 5.11 Å². The van der Waals surface area contributed by atoms with E-state index >= 15 is 0 Å². The fourth-order valence-corrected chi connectivity index (χ4v) is 3.56. The second-order valence-corrected chi connectivity index (χ2v) is 7.31. The average Bonchev–Trinajstić information content (AvgIpc) is 3.17. The Bertz CT molecular complexity index is 582. The predicted molar refractivity (Wildman–Crippen MR) is 94.1 cm³/mol. The molecule has 0 radical (unpaired) electrons. The molecule has 7 heteroatoms. The smallest absolute Gasteiger partial charge is 0.191 e. The number of aryl methyl sites for hydroxylation is 1. The summed E-state index contributed by atoms with van der Waals surface area (Å²) >= 11 is 0. The predicted octanol–water partition coefficient (Wildman–Crippen LogP) is 1.04. The van der Waals surface area contributed by atoms with Gasteiger partial charge in [0.25, 0.3) is 0 Å². The third-order valence-electron chi connectivity index (χ3n) is 5.11. The Balaban J connectivity index is 1.53. The van der Waals surface area contributed by atoms with Gasteiger partial charge < -0.3 is 15.7 Å². The normalized spacial score (nSPS) is 27.4. The van der Waals surface area contributed by atoms with Gasteiger partial charge in [-0.25, -0.2) is 9.67 Å². The van der Waals surface area contributed by atoms with Crippen molar-refractivity contribution in [1.29, 1.82) is 0 Å². The molecule has 1 aliphatic carbocycles. The van der Waals surface area contributed by atoms with Gasteiger partial charge in [-0.05, 0) is 19.3 Å². The van der Waals surface area contributed by atoms with E-state index in [1.54, 1.807) is 7.05 Å². The quantitative estimate of drug-likeness (QED) is 0.566. The molecule has 7 nitrogen and oxygen atoms in total. The molecular formula is C17H30N6O. The minimum atomic E-state index is -0.169. The highest BCUT2D eigenvalue weighted by atomic mass is 16.3. The van der Waals surface area contributed by atoms with Crippen LogP contribution in [-0.4, -0.2) is 51.6 Å². The second kappa shape index (κ2) is 7.51. The summed E-state index contributed by atoms with van der Waals surface area (Å²) in [4.78, 5) is 8.96. The monoisotopic (exact) mass is 334 g/mol. The van der Waals surface area contributed by atoms with E-state index in [9.17, 15) is 5.11 Å². The molecule has 24 heavy (non-hydrogen) atoms. The molecule has 2 aliphatic rings. The van der Waals surface area contributed by atoms with Crippen LogP contribution < -0.4 is 10.6 Å². The van der Waals surface area contributed by atoms with Crippen LogP contribution in [0.2, 0.25) is 0 Å². The van der Waals surface area contributed by atoms with Crippen LogP contribution in [0.25, 0.3) is 0 Å². The fourth-order valence-electron chi connectivity index (χ4n) is 3.56. The van der Waals surface area contributed by atoms with Gasteiger partial charge in [-0.1, -0.05) is 20.3 Å². The first-order valence-electron chi connectivity index (χ1n) is 9.15. The van der Waals surface area contributed by atoms with E-state index in [1.165, 1.54) is 0 Å². The highest BCUT2D eigenvalue weighted by Gasteiger charge is 2.26. The molecule has 3 N–H and O–H groups in total. The van der Waals surface area contributed by atoms with E-state index in [4.69, 9.17) is 0 Å². The van der Waals surface area contributed by atoms with Crippen LogP contribution in [0.4, 0.5) is 0 Å². The molecular weight excluding hydrogens is 304 g/mol. The van der Waals surface area contributed by atoms with Crippen LogP contribution in [0.1, 0.15) is 57.1 Å². The molecule has 3 unspecified atom stereocenters. The summed E-state index contributed by atoms with van der Waals surface area (Å²) in [7, 11) is 1.79. The van der Waals surface area contributed by atoms with Crippen LogP contribution in [0.15, 0.2) is 4.99 Å². The average molecular weight is 334 g/mol. The maximum atomic E-state index is 9.93. The van der Waals surface area contributed by atoms with Crippen molar-refractivity contribution in [3.63, 3.8) is 0 Å². The van der Waals surface area contributed by atoms with Gasteiger partial charge in [-0.15, -0.1) is 0 Å². The Hall–Kier alpha value is -1.63. The van der Waals surface area contributed by atoms with Crippen molar-refractivity contribution in [2.75, 3.05) is 13.6 Å². The van der Waals surface area contributed by atoms with Crippen LogP contribution >= 0.6 is 0 Å². The summed E-state index contributed by atoms with van der Waals surface area (Å²) in [6, 6.07) is 0.305. The maximum Gasteiger partial charge on any atom is 0.191 e. The van der Waals surface area contributed by atoms with E-state index in [0.29, 0.717) is 17.9 Å². The van der Waals surface area contributed by atoms with Crippen LogP contribution in [0, 0.1) is 5.92 Å². The largest absolute Gasteiger partial charge is 0.393 e. The molecule has 134 valence electrons. The lowest BCUT2D eigenvalue weighted by molar-refractivity contribution is 0.134. The lowest BCUT2D eigenvalue weighted by atomic mass is 10.1. The summed E-state index contributed by atoms with van der Waals surface area (Å²) in [5, 5.41) is 21.4. The van der Waals surface area contributed by atoms with Gasteiger partial charge in [0.2, 0.25) is 0 Å². The number of aliphatic hydroxyl groups is 1. The van der Waals surface area contributed by atoms with E-state index < -0.39 is 0 Å². The summed E-state index contributed by atoms with van der Waals surface area (Å²) in [6.45, 7) is 5.85. The Morgan fingerprint density at radius 1 is 1.38 bits per heavy atom. The molecule has 3 rings (SSSR count). The zero-order chi connectivity index (χ0) is 17.1. The molecule has 0 bridgehead atoms. The maximum absolute atomic E-state index is 9.93. The molecule has 0 aromatic carbocycles. The van der Waals surface area contributed by atoms with Crippen molar-refractivity contribution in [1.82, 2.24) is 25.4 Å². The molecule has 0 saturated heterocycles. The number of nitrogens with zero attached hydrogens (tertiary/aromatic N) is 4. The van der Waals surface area contributed by atoms with Crippen molar-refractivity contribution in [2.24, 2.45) is 10.9 Å². The molecule has 1 aliphatic heterocycles. The Morgan fingerprint density at radius 3 is 2.88 bits per heavy atom. The summed E-state index contributed by atoms with van der Waals surface area (Å²) in [5.41, 5.74) is 0. The Labute approximate surface area is 144 Å². The third kappa shape index (κ3) is 3.88. The standard InChI is InChI=1S/C17H30N6O/c1-11(2)16-21-15-8-7-13(10-23(15)22-16)20-17(18-3)19-9-12-5-4-6-14(12)24/h11-14,24H,4-10H2,1-3H3,(H2,18,19,20). The highest BCUT2D eigenvalue weighted by Crippen LogP contribution is 2.24. The van der Waals surface area contributed by atoms with E-state index in [2.05, 4.69) is 39.6 Å². The number of hydrogen-bond donors (Lipinski definition) is 3. The summed E-state index contributed by atoms with van der Waals surface area (Å²) in [6.07, 6.45) is 4.94. The second-order valence-electron chi connectivity index (χ2n) is 7.31. The third-order valence-corrected chi connectivity index (χ3v) is 5.11. The van der Waals surface area contributed by atoms with Gasteiger partial charge in [-0.2, -0.15) is 5.10 Å². The Morgan fingerprint density at radius 2 is 2.21 bits per heavy atom. The van der Waals surface area contributed by atoms with Gasteiger partial charge >= 0.3 is 0 Å². The lowest BCUT2D eigenvalue weighted by Gasteiger charge is -2.26. The molecule has 1 fully saturated rings. The zero-order valence-corrected chi connectivity index (χ0v) is 15.0. The Kier molecular flexibility index (Phi) is 5.38. The topological polar surface area (TPSA) is 87.4 Å². The lowest BCUT2D eigenvalue weighted by Crippen LogP contribution is -2.48. The molecule has 1 aromatic heterocycles. The van der Waals surface area contributed by atoms with Gasteiger partial charge in [0.05, 0.1) is 12.6 Å². The number of aliphatic imine (C=N–C) groups is 1. The number of rotatable bonds is 4. The molecule has 0 spiro atoms. The minimum Gasteiger partial charge on any atom is -0.393 e. The minimum absolute atomic E-state index is 0.169. The van der Waals surface area contributed by atoms with Crippen LogP contribution in [-0.2, 0) is 13.0 Å². The molecule has 1 saturated carbocycles. The SMILES string of the molecule is CN=C(NCC1CCCC1O)NC1CCc2nc(C(C)C)nn2C1. The number of nitrogens with one attached hydrogen (secondary N) is 2. The van der Waals surface area contributed by atoms with Crippen molar-refractivity contribution >= 4 is 5.96 Å². The highest BCUT2D eigenvalue weighted by molar-refractivity contribution is 5.79. The van der Waals surface area contributed by atoms with E-state index in [0.717, 1.165) is 62.8 Å². The van der Waals surface area contributed by atoms with Gasteiger partial charge in [0.1, 0.15) is 5.82 Å². The van der Waals surface area contributed by atoms with Crippen LogP contribution in [0.3, 0.4) is 0 Å². The number of aromatic nitrogens is 3. The van der Waals surface area contributed by atoms with Gasteiger partial charge in [0.15, 0.2) is 11.8 Å². The number of aliphatic hydroxyl groups excluding tert-OH is 1. The first-order valence-corrected chi connectivity index (χ1v) is 9.15. The fraction of sp³-hybridized carbons (Fsp3) is 0.824.